The smallest absolute Gasteiger partial charge is 0.244 e. The Bertz CT molecular complexity index is 798. The Labute approximate surface area is 133 Å². The minimum atomic E-state index is -3.81. The highest BCUT2D eigenvalue weighted by molar-refractivity contribution is 7.89. The van der Waals surface area contributed by atoms with Gasteiger partial charge >= 0.3 is 0 Å². The monoisotopic (exact) mass is 339 g/mol. The molecule has 1 heterocycles. The van der Waals surface area contributed by atoms with E-state index in [1.165, 1.54) is 26.4 Å². The molecule has 0 amide bonds. The van der Waals surface area contributed by atoms with Crippen molar-refractivity contribution < 1.29 is 22.4 Å². The maximum absolute atomic E-state index is 12.5. The molecule has 2 aromatic rings. The lowest BCUT2D eigenvalue weighted by molar-refractivity contribution is 0.373. The Morgan fingerprint density at radius 2 is 2.09 bits per heavy atom. The fraction of sp³-hybridized carbons (Fsp3) is 0.429. The van der Waals surface area contributed by atoms with Crippen LogP contribution in [0, 0.1) is 0 Å². The van der Waals surface area contributed by atoms with Crippen molar-refractivity contribution >= 4 is 10.0 Å². The summed E-state index contributed by atoms with van der Waals surface area (Å²) in [5, 5.41) is 3.78. The number of benzene rings is 1. The third kappa shape index (κ3) is 3.45. The first-order valence-corrected chi connectivity index (χ1v) is 8.56. The predicted octanol–water partition coefficient (Wildman–Crippen LogP) is 1.44. The van der Waals surface area contributed by atoms with Gasteiger partial charge in [-0.1, -0.05) is 5.16 Å². The van der Waals surface area contributed by atoms with E-state index in [0.717, 1.165) is 12.8 Å². The van der Waals surface area contributed by atoms with Crippen molar-refractivity contribution in [3.8, 4) is 11.5 Å². The van der Waals surface area contributed by atoms with Gasteiger partial charge in [-0.05, 0) is 25.0 Å². The zero-order valence-corrected chi connectivity index (χ0v) is 13.6. The minimum Gasteiger partial charge on any atom is -0.497 e. The molecule has 1 N–H and O–H groups in total. The second-order valence-electron chi connectivity index (χ2n) is 5.16. The van der Waals surface area contributed by atoms with E-state index in [2.05, 4.69) is 14.9 Å². The van der Waals surface area contributed by atoms with Gasteiger partial charge in [-0.25, -0.2) is 13.1 Å². The van der Waals surface area contributed by atoms with Crippen molar-refractivity contribution in [2.45, 2.75) is 30.2 Å². The molecule has 1 fully saturated rings. The van der Waals surface area contributed by atoms with E-state index < -0.39 is 10.0 Å². The fourth-order valence-electron chi connectivity index (χ4n) is 2.07. The summed E-state index contributed by atoms with van der Waals surface area (Å²) in [6.07, 6.45) is 2.07. The van der Waals surface area contributed by atoms with Gasteiger partial charge in [0.1, 0.15) is 16.4 Å². The normalized spacial score (nSPS) is 14.7. The van der Waals surface area contributed by atoms with Crippen molar-refractivity contribution in [3.63, 3.8) is 0 Å². The Morgan fingerprint density at radius 3 is 2.74 bits per heavy atom. The van der Waals surface area contributed by atoms with Crippen LogP contribution in [0.1, 0.15) is 30.5 Å². The van der Waals surface area contributed by atoms with Crippen molar-refractivity contribution in [3.05, 3.63) is 29.9 Å². The van der Waals surface area contributed by atoms with Crippen molar-refractivity contribution in [2.75, 3.05) is 14.2 Å². The van der Waals surface area contributed by atoms with Crippen LogP contribution in [0.25, 0.3) is 0 Å². The van der Waals surface area contributed by atoms with Gasteiger partial charge in [0.05, 0.1) is 20.8 Å². The van der Waals surface area contributed by atoms with Crippen molar-refractivity contribution in [2.24, 2.45) is 0 Å². The van der Waals surface area contributed by atoms with Crippen molar-refractivity contribution in [1.82, 2.24) is 14.9 Å². The van der Waals surface area contributed by atoms with E-state index in [9.17, 15) is 8.42 Å². The summed E-state index contributed by atoms with van der Waals surface area (Å²) in [5.74, 6) is 1.84. The number of hydrogen-bond acceptors (Lipinski definition) is 7. The maximum atomic E-state index is 12.5. The lowest BCUT2D eigenvalue weighted by Crippen LogP contribution is -2.24. The number of nitrogens with zero attached hydrogens (tertiary/aromatic N) is 2. The molecule has 124 valence electrons. The van der Waals surface area contributed by atoms with Crippen LogP contribution in [0.3, 0.4) is 0 Å². The third-order valence-corrected chi connectivity index (χ3v) is 4.91. The maximum Gasteiger partial charge on any atom is 0.244 e. The Morgan fingerprint density at radius 1 is 1.30 bits per heavy atom. The minimum absolute atomic E-state index is 0.00902. The van der Waals surface area contributed by atoms with Gasteiger partial charge in [0.25, 0.3) is 0 Å². The average molecular weight is 339 g/mol. The Hall–Kier alpha value is -2.13. The second-order valence-corrected chi connectivity index (χ2v) is 6.90. The first-order valence-electron chi connectivity index (χ1n) is 7.07. The second kappa shape index (κ2) is 6.17. The molecular weight excluding hydrogens is 322 g/mol. The van der Waals surface area contributed by atoms with Crippen LogP contribution in [0.5, 0.6) is 11.5 Å². The summed E-state index contributed by atoms with van der Waals surface area (Å²) in [6.45, 7) is -0.0566. The number of hydrogen-bond donors (Lipinski definition) is 1. The highest BCUT2D eigenvalue weighted by Crippen LogP contribution is 2.38. The molecule has 1 saturated carbocycles. The molecule has 9 heteroatoms. The molecule has 1 aliphatic carbocycles. The van der Waals surface area contributed by atoms with E-state index in [0.29, 0.717) is 23.4 Å². The number of aromatic nitrogens is 2. The van der Waals surface area contributed by atoms with E-state index in [-0.39, 0.29) is 17.2 Å². The molecule has 8 nitrogen and oxygen atoms in total. The summed E-state index contributed by atoms with van der Waals surface area (Å²) in [4.78, 5) is 4.18. The molecule has 0 aliphatic heterocycles. The van der Waals surface area contributed by atoms with Gasteiger partial charge in [-0.2, -0.15) is 4.98 Å². The summed E-state index contributed by atoms with van der Waals surface area (Å²) in [6, 6.07) is 4.55. The zero-order chi connectivity index (χ0) is 16.4. The van der Waals surface area contributed by atoms with Crippen LogP contribution in [0.2, 0.25) is 0 Å². The lowest BCUT2D eigenvalue weighted by atomic mass is 10.3. The SMILES string of the molecule is COc1ccc(OC)c(S(=O)(=O)NCc2noc(C3CC3)n2)c1. The molecule has 0 atom stereocenters. The van der Waals surface area contributed by atoms with Crippen LogP contribution in [0.4, 0.5) is 0 Å². The summed E-state index contributed by atoms with van der Waals surface area (Å²) < 4.78 is 42.7. The van der Waals surface area contributed by atoms with Gasteiger partial charge < -0.3 is 14.0 Å². The number of methoxy groups -OCH3 is 2. The predicted molar refractivity (Wildman–Crippen MR) is 79.8 cm³/mol. The van der Waals surface area contributed by atoms with Crippen LogP contribution in [-0.4, -0.2) is 32.8 Å². The largest absolute Gasteiger partial charge is 0.497 e. The van der Waals surface area contributed by atoms with Gasteiger partial charge in [0.15, 0.2) is 5.82 Å². The molecular formula is C14H17N3O5S. The first kappa shape index (κ1) is 15.8. The number of rotatable bonds is 7. The van der Waals surface area contributed by atoms with Crippen LogP contribution in [0.15, 0.2) is 27.6 Å². The topological polar surface area (TPSA) is 104 Å². The van der Waals surface area contributed by atoms with Crippen LogP contribution >= 0.6 is 0 Å². The zero-order valence-electron chi connectivity index (χ0n) is 12.8. The van der Waals surface area contributed by atoms with Crippen LogP contribution < -0.4 is 14.2 Å². The molecule has 0 unspecified atom stereocenters. The summed E-state index contributed by atoms with van der Waals surface area (Å²) in [7, 11) is -0.939. The molecule has 1 aliphatic rings. The lowest BCUT2D eigenvalue weighted by Gasteiger charge is -2.11. The van der Waals surface area contributed by atoms with Gasteiger partial charge in [-0.3, -0.25) is 0 Å². The molecule has 23 heavy (non-hydrogen) atoms. The molecule has 3 rings (SSSR count). The summed E-state index contributed by atoms with van der Waals surface area (Å²) in [5.41, 5.74) is 0. The van der Waals surface area contributed by atoms with E-state index in [1.54, 1.807) is 6.07 Å². The Balaban J connectivity index is 1.77. The molecule has 0 spiro atoms. The van der Waals surface area contributed by atoms with Gasteiger partial charge in [-0.15, -0.1) is 0 Å². The molecule has 1 aromatic carbocycles. The molecule has 0 radical (unpaired) electrons. The molecule has 1 aromatic heterocycles. The first-order chi connectivity index (χ1) is 11.0. The summed E-state index contributed by atoms with van der Waals surface area (Å²) >= 11 is 0. The quantitative estimate of drug-likeness (QED) is 0.814. The highest BCUT2D eigenvalue weighted by Gasteiger charge is 2.30. The highest BCUT2D eigenvalue weighted by atomic mass is 32.2. The van der Waals surface area contributed by atoms with E-state index >= 15 is 0 Å². The third-order valence-electron chi connectivity index (χ3n) is 3.49. The van der Waals surface area contributed by atoms with Gasteiger partial charge in [0, 0.05) is 12.0 Å². The van der Waals surface area contributed by atoms with Crippen molar-refractivity contribution in [1.29, 1.82) is 0 Å². The van der Waals surface area contributed by atoms with Crippen LogP contribution in [-0.2, 0) is 16.6 Å². The molecule has 0 saturated heterocycles. The molecule has 0 bridgehead atoms. The van der Waals surface area contributed by atoms with E-state index in [4.69, 9.17) is 14.0 Å². The number of ether oxygens (including phenoxy) is 2. The fourth-order valence-corrected chi connectivity index (χ4v) is 3.23. The Kier molecular flexibility index (Phi) is 4.22. The van der Waals surface area contributed by atoms with E-state index in [1.807, 2.05) is 0 Å². The number of sulfonamides is 1. The standard InChI is InChI=1S/C14H17N3O5S/c1-20-10-5-6-11(21-2)12(7-10)23(18,19)15-8-13-16-14(22-17-13)9-3-4-9/h5-7,9,15H,3-4,8H2,1-2H3. The van der Waals surface area contributed by atoms with Gasteiger partial charge in [0.2, 0.25) is 15.9 Å². The average Bonchev–Trinajstić information content (AvgIpc) is 3.31. The number of nitrogens with one attached hydrogen (secondary N) is 1.